The van der Waals surface area contributed by atoms with Gasteiger partial charge < -0.3 is 10.1 Å². The Hall–Kier alpha value is -0.0800. The Kier molecular flexibility index (Phi) is 10.4. The van der Waals surface area contributed by atoms with Crippen molar-refractivity contribution in [1.29, 1.82) is 0 Å². The van der Waals surface area contributed by atoms with Crippen molar-refractivity contribution in [2.45, 2.75) is 97.1 Å². The van der Waals surface area contributed by atoms with Crippen LogP contribution in [0.15, 0.2) is 0 Å². The number of ether oxygens (including phenoxy) is 1. The van der Waals surface area contributed by atoms with E-state index in [0.717, 1.165) is 19.1 Å². The second-order valence-electron chi connectivity index (χ2n) is 6.47. The number of rotatable bonds is 11. The van der Waals surface area contributed by atoms with Crippen LogP contribution in [-0.2, 0) is 4.74 Å². The Morgan fingerprint density at radius 1 is 1.15 bits per heavy atom. The molecule has 0 aliphatic carbocycles. The van der Waals surface area contributed by atoms with Gasteiger partial charge in [-0.15, -0.1) is 0 Å². The van der Waals surface area contributed by atoms with Gasteiger partial charge in [-0.05, 0) is 51.0 Å². The lowest BCUT2D eigenvalue weighted by Crippen LogP contribution is -2.32. The Labute approximate surface area is 127 Å². The van der Waals surface area contributed by atoms with E-state index in [0.29, 0.717) is 12.1 Å². The first-order valence-electron chi connectivity index (χ1n) is 9.15. The molecular formula is C18H37NO. The van der Waals surface area contributed by atoms with Gasteiger partial charge in [0.1, 0.15) is 0 Å². The molecule has 3 unspecified atom stereocenters. The van der Waals surface area contributed by atoms with Crippen LogP contribution in [-0.4, -0.2) is 25.3 Å². The van der Waals surface area contributed by atoms with E-state index < -0.39 is 0 Å². The van der Waals surface area contributed by atoms with Gasteiger partial charge in [-0.3, -0.25) is 0 Å². The molecule has 3 atom stereocenters. The van der Waals surface area contributed by atoms with Crippen LogP contribution >= 0.6 is 0 Å². The quantitative estimate of drug-likeness (QED) is 0.581. The topological polar surface area (TPSA) is 21.3 Å². The molecule has 0 amide bonds. The molecule has 0 saturated carbocycles. The Morgan fingerprint density at radius 3 is 2.60 bits per heavy atom. The summed E-state index contributed by atoms with van der Waals surface area (Å²) >= 11 is 0. The molecule has 20 heavy (non-hydrogen) atoms. The van der Waals surface area contributed by atoms with Crippen LogP contribution in [0.3, 0.4) is 0 Å². The standard InChI is InChI=1S/C18H37NO/c1-4-7-10-16(5-2)15-17(19-6-3)12-13-18-11-8-9-14-20-18/h16-19H,4-15H2,1-3H3. The smallest absolute Gasteiger partial charge is 0.0575 e. The first kappa shape index (κ1) is 18.0. The maximum atomic E-state index is 5.87. The van der Waals surface area contributed by atoms with E-state index >= 15 is 0 Å². The van der Waals surface area contributed by atoms with Crippen LogP contribution in [0.5, 0.6) is 0 Å². The molecule has 1 aliphatic rings. The molecule has 0 aromatic heterocycles. The predicted octanol–water partition coefficient (Wildman–Crippen LogP) is 4.92. The van der Waals surface area contributed by atoms with Gasteiger partial charge in [-0.2, -0.15) is 0 Å². The van der Waals surface area contributed by atoms with Crippen LogP contribution in [0.2, 0.25) is 0 Å². The van der Waals surface area contributed by atoms with Crippen molar-refractivity contribution in [2.75, 3.05) is 13.2 Å². The van der Waals surface area contributed by atoms with Crippen LogP contribution in [0, 0.1) is 5.92 Å². The molecular weight excluding hydrogens is 246 g/mol. The molecule has 1 saturated heterocycles. The fourth-order valence-corrected chi connectivity index (χ4v) is 3.40. The van der Waals surface area contributed by atoms with Crippen molar-refractivity contribution in [1.82, 2.24) is 5.32 Å². The highest BCUT2D eigenvalue weighted by atomic mass is 16.5. The molecule has 1 rings (SSSR count). The highest BCUT2D eigenvalue weighted by Gasteiger charge is 2.18. The van der Waals surface area contributed by atoms with Crippen LogP contribution in [0.4, 0.5) is 0 Å². The zero-order chi connectivity index (χ0) is 14.6. The summed E-state index contributed by atoms with van der Waals surface area (Å²) in [4.78, 5) is 0. The van der Waals surface area contributed by atoms with Crippen molar-refractivity contribution < 1.29 is 4.74 Å². The number of unbranched alkanes of at least 4 members (excludes halogenated alkanes) is 1. The van der Waals surface area contributed by atoms with Crippen molar-refractivity contribution >= 4 is 0 Å². The van der Waals surface area contributed by atoms with Crippen molar-refractivity contribution in [3.63, 3.8) is 0 Å². The predicted molar refractivity (Wildman–Crippen MR) is 88.2 cm³/mol. The highest BCUT2D eigenvalue weighted by Crippen LogP contribution is 2.23. The average molecular weight is 284 g/mol. The van der Waals surface area contributed by atoms with Gasteiger partial charge in [0.2, 0.25) is 0 Å². The summed E-state index contributed by atoms with van der Waals surface area (Å²) in [5.41, 5.74) is 0. The monoisotopic (exact) mass is 283 g/mol. The maximum absolute atomic E-state index is 5.87. The molecule has 0 aromatic rings. The summed E-state index contributed by atoms with van der Waals surface area (Å²) in [5.74, 6) is 0.909. The lowest BCUT2D eigenvalue weighted by molar-refractivity contribution is 0.00816. The van der Waals surface area contributed by atoms with Gasteiger partial charge in [0.25, 0.3) is 0 Å². The SMILES string of the molecule is CCCCC(CC)CC(CCC1CCCCO1)NCC. The molecule has 0 radical (unpaired) electrons. The number of hydrogen-bond donors (Lipinski definition) is 1. The summed E-state index contributed by atoms with van der Waals surface area (Å²) in [6.45, 7) is 8.98. The fourth-order valence-electron chi connectivity index (χ4n) is 3.40. The van der Waals surface area contributed by atoms with E-state index in [1.54, 1.807) is 0 Å². The number of hydrogen-bond acceptors (Lipinski definition) is 2. The number of nitrogens with one attached hydrogen (secondary N) is 1. The summed E-state index contributed by atoms with van der Waals surface area (Å²) in [7, 11) is 0. The Morgan fingerprint density at radius 2 is 2.00 bits per heavy atom. The van der Waals surface area contributed by atoms with E-state index in [-0.39, 0.29) is 0 Å². The normalized spacial score (nSPS) is 22.6. The first-order valence-corrected chi connectivity index (χ1v) is 9.15. The van der Waals surface area contributed by atoms with E-state index in [1.807, 2.05) is 0 Å². The third kappa shape index (κ3) is 7.64. The molecule has 0 aromatic carbocycles. The van der Waals surface area contributed by atoms with Crippen LogP contribution in [0.1, 0.15) is 85.0 Å². The minimum atomic E-state index is 0.542. The lowest BCUT2D eigenvalue weighted by atomic mass is 9.89. The van der Waals surface area contributed by atoms with Gasteiger partial charge in [-0.25, -0.2) is 0 Å². The molecule has 0 spiro atoms. The van der Waals surface area contributed by atoms with E-state index in [2.05, 4.69) is 26.1 Å². The zero-order valence-electron chi connectivity index (χ0n) is 14.1. The largest absolute Gasteiger partial charge is 0.378 e. The van der Waals surface area contributed by atoms with Gasteiger partial charge in [0.05, 0.1) is 6.10 Å². The molecule has 1 fully saturated rings. The van der Waals surface area contributed by atoms with Crippen LogP contribution < -0.4 is 5.32 Å². The van der Waals surface area contributed by atoms with E-state index in [9.17, 15) is 0 Å². The second-order valence-corrected chi connectivity index (χ2v) is 6.47. The van der Waals surface area contributed by atoms with Gasteiger partial charge in [0.15, 0.2) is 0 Å². The van der Waals surface area contributed by atoms with Crippen molar-refractivity contribution in [2.24, 2.45) is 5.92 Å². The lowest BCUT2D eigenvalue weighted by Gasteiger charge is -2.27. The van der Waals surface area contributed by atoms with Gasteiger partial charge in [0, 0.05) is 12.6 Å². The average Bonchev–Trinajstić information content (AvgIpc) is 2.50. The molecule has 120 valence electrons. The minimum absolute atomic E-state index is 0.542. The minimum Gasteiger partial charge on any atom is -0.378 e. The molecule has 1 N–H and O–H groups in total. The summed E-state index contributed by atoms with van der Waals surface area (Å²) in [6, 6.07) is 0.701. The van der Waals surface area contributed by atoms with E-state index in [4.69, 9.17) is 4.74 Å². The third-order valence-corrected chi connectivity index (χ3v) is 4.77. The zero-order valence-corrected chi connectivity index (χ0v) is 14.1. The molecule has 1 heterocycles. The Balaban J connectivity index is 2.29. The summed E-state index contributed by atoms with van der Waals surface area (Å²) in [5, 5.41) is 3.71. The van der Waals surface area contributed by atoms with E-state index in [1.165, 1.54) is 64.2 Å². The molecule has 1 aliphatic heterocycles. The van der Waals surface area contributed by atoms with Crippen LogP contribution in [0.25, 0.3) is 0 Å². The highest BCUT2D eigenvalue weighted by molar-refractivity contribution is 4.74. The molecule has 0 bridgehead atoms. The first-order chi connectivity index (χ1) is 9.80. The second kappa shape index (κ2) is 11.6. The third-order valence-electron chi connectivity index (χ3n) is 4.77. The maximum Gasteiger partial charge on any atom is 0.0575 e. The summed E-state index contributed by atoms with van der Waals surface area (Å²) < 4.78 is 5.87. The molecule has 2 heteroatoms. The van der Waals surface area contributed by atoms with Gasteiger partial charge in [-0.1, -0.05) is 46.5 Å². The fraction of sp³-hybridized carbons (Fsp3) is 1.00. The van der Waals surface area contributed by atoms with Gasteiger partial charge >= 0.3 is 0 Å². The van der Waals surface area contributed by atoms with Crippen molar-refractivity contribution in [3.8, 4) is 0 Å². The van der Waals surface area contributed by atoms with Crippen molar-refractivity contribution in [3.05, 3.63) is 0 Å². The summed E-state index contributed by atoms with van der Waals surface area (Å²) in [6.07, 6.45) is 13.8. The Bertz CT molecular complexity index is 213. The molecule has 2 nitrogen and oxygen atoms in total.